The number of ether oxygens (including phenoxy) is 1. The van der Waals surface area contributed by atoms with E-state index in [1.54, 1.807) is 4.68 Å². The summed E-state index contributed by atoms with van der Waals surface area (Å²) in [5.41, 5.74) is 0.343. The van der Waals surface area contributed by atoms with Gasteiger partial charge in [-0.1, -0.05) is 20.8 Å². The minimum Gasteiger partial charge on any atom is -0.477 e. The largest absolute Gasteiger partial charge is 0.477 e. The van der Waals surface area contributed by atoms with Crippen LogP contribution < -0.4 is 9.64 Å². The van der Waals surface area contributed by atoms with Crippen LogP contribution in [0.5, 0.6) is 5.88 Å². The van der Waals surface area contributed by atoms with Gasteiger partial charge in [-0.2, -0.15) is 0 Å². The van der Waals surface area contributed by atoms with Crippen LogP contribution in [0.3, 0.4) is 0 Å². The molecule has 2 atom stereocenters. The molecule has 1 aliphatic heterocycles. The standard InChI is InChI=1S/C22H34N6O/c1-22(2,3)18-16-17(18)21-23-8-6-19(24-21)28-13-11-27(12-14-28)9-5-15-29-20-7-10-26(4)25-20/h6-8,10,17-18H,5,9,11-16H2,1-4H3. The smallest absolute Gasteiger partial charge is 0.232 e. The molecule has 0 N–H and O–H groups in total. The van der Waals surface area contributed by atoms with Crippen LogP contribution in [0.1, 0.15) is 45.4 Å². The van der Waals surface area contributed by atoms with Crippen LogP contribution in [0.25, 0.3) is 0 Å². The van der Waals surface area contributed by atoms with Crippen LogP contribution in [-0.4, -0.2) is 64.0 Å². The molecular formula is C22H34N6O. The third kappa shape index (κ3) is 5.07. The average Bonchev–Trinajstić information content (AvgIpc) is 3.42. The van der Waals surface area contributed by atoms with Gasteiger partial charge in [0.05, 0.1) is 6.61 Å². The maximum Gasteiger partial charge on any atom is 0.232 e. The van der Waals surface area contributed by atoms with Gasteiger partial charge in [-0.15, -0.1) is 5.10 Å². The highest BCUT2D eigenvalue weighted by atomic mass is 16.5. The van der Waals surface area contributed by atoms with Crippen molar-refractivity contribution >= 4 is 5.82 Å². The molecule has 3 heterocycles. The highest BCUT2D eigenvalue weighted by Crippen LogP contribution is 2.55. The van der Waals surface area contributed by atoms with Gasteiger partial charge in [-0.3, -0.25) is 9.58 Å². The summed E-state index contributed by atoms with van der Waals surface area (Å²) in [4.78, 5) is 14.4. The van der Waals surface area contributed by atoms with Crippen molar-refractivity contribution in [3.63, 3.8) is 0 Å². The summed E-state index contributed by atoms with van der Waals surface area (Å²) >= 11 is 0. The Kier molecular flexibility index (Phi) is 5.76. The Labute approximate surface area is 174 Å². The monoisotopic (exact) mass is 398 g/mol. The topological polar surface area (TPSA) is 59.3 Å². The summed E-state index contributed by atoms with van der Waals surface area (Å²) in [7, 11) is 1.90. The van der Waals surface area contributed by atoms with E-state index >= 15 is 0 Å². The number of rotatable bonds is 7. The molecule has 2 fully saturated rings. The van der Waals surface area contributed by atoms with Crippen LogP contribution in [0.2, 0.25) is 0 Å². The summed E-state index contributed by atoms with van der Waals surface area (Å²) in [6.45, 7) is 12.9. The van der Waals surface area contributed by atoms with Gasteiger partial charge in [0.2, 0.25) is 5.88 Å². The van der Waals surface area contributed by atoms with Gasteiger partial charge in [0.15, 0.2) is 0 Å². The predicted molar refractivity (Wildman–Crippen MR) is 114 cm³/mol. The molecule has 2 aromatic heterocycles. The molecule has 0 spiro atoms. The Morgan fingerprint density at radius 1 is 1.14 bits per heavy atom. The van der Waals surface area contributed by atoms with Gasteiger partial charge in [0.25, 0.3) is 0 Å². The van der Waals surface area contributed by atoms with Gasteiger partial charge >= 0.3 is 0 Å². The molecule has 0 bridgehead atoms. The van der Waals surface area contributed by atoms with E-state index in [0.29, 0.717) is 29.7 Å². The zero-order chi connectivity index (χ0) is 20.4. The number of piperazine rings is 1. The lowest BCUT2D eigenvalue weighted by Crippen LogP contribution is -2.47. The predicted octanol–water partition coefficient (Wildman–Crippen LogP) is 2.95. The summed E-state index contributed by atoms with van der Waals surface area (Å²) in [5, 5.41) is 4.24. The molecule has 0 aromatic carbocycles. The van der Waals surface area contributed by atoms with Crippen LogP contribution >= 0.6 is 0 Å². The number of aromatic nitrogens is 4. The molecular weight excluding hydrogens is 364 g/mol. The molecule has 2 unspecified atom stereocenters. The zero-order valence-corrected chi connectivity index (χ0v) is 18.2. The van der Waals surface area contributed by atoms with Gasteiger partial charge in [-0.25, -0.2) is 9.97 Å². The van der Waals surface area contributed by atoms with Crippen LogP contribution in [0, 0.1) is 11.3 Å². The normalized spacial score (nSPS) is 22.7. The van der Waals surface area contributed by atoms with E-state index in [0.717, 1.165) is 50.8 Å². The van der Waals surface area contributed by atoms with Gasteiger partial charge < -0.3 is 9.64 Å². The molecule has 1 aliphatic carbocycles. The Morgan fingerprint density at radius 3 is 2.59 bits per heavy atom. The van der Waals surface area contributed by atoms with Crippen LogP contribution in [0.4, 0.5) is 5.82 Å². The van der Waals surface area contributed by atoms with E-state index in [4.69, 9.17) is 9.72 Å². The zero-order valence-electron chi connectivity index (χ0n) is 18.2. The molecule has 7 heteroatoms. The lowest BCUT2D eigenvalue weighted by molar-refractivity contribution is 0.221. The summed E-state index contributed by atoms with van der Waals surface area (Å²) in [5.74, 6) is 4.09. The number of anilines is 1. The van der Waals surface area contributed by atoms with Crippen molar-refractivity contribution in [2.45, 2.75) is 39.5 Å². The SMILES string of the molecule is Cn1ccc(OCCCN2CCN(c3ccnc(C4CC4C(C)(C)C)n3)CC2)n1. The fourth-order valence-corrected chi connectivity index (χ4v) is 4.29. The summed E-state index contributed by atoms with van der Waals surface area (Å²) < 4.78 is 7.46. The first-order valence-corrected chi connectivity index (χ1v) is 10.8. The molecule has 4 rings (SSSR count). The maximum absolute atomic E-state index is 5.70. The minimum absolute atomic E-state index is 0.343. The third-order valence-corrected chi connectivity index (χ3v) is 6.15. The molecule has 1 saturated carbocycles. The van der Waals surface area contributed by atoms with Crippen molar-refractivity contribution in [2.24, 2.45) is 18.4 Å². The van der Waals surface area contributed by atoms with Crippen molar-refractivity contribution in [1.29, 1.82) is 0 Å². The van der Waals surface area contributed by atoms with Crippen molar-refractivity contribution in [3.05, 3.63) is 30.4 Å². The fraction of sp³-hybridized carbons (Fsp3) is 0.682. The second-order valence-electron chi connectivity index (χ2n) is 9.45. The second-order valence-corrected chi connectivity index (χ2v) is 9.45. The minimum atomic E-state index is 0.343. The first-order valence-electron chi connectivity index (χ1n) is 10.8. The van der Waals surface area contributed by atoms with Gasteiger partial charge in [0, 0.05) is 64.1 Å². The van der Waals surface area contributed by atoms with E-state index in [2.05, 4.69) is 46.7 Å². The summed E-state index contributed by atoms with van der Waals surface area (Å²) in [6.07, 6.45) is 6.09. The van der Waals surface area contributed by atoms with E-state index in [1.807, 2.05) is 25.5 Å². The number of hydrogen-bond donors (Lipinski definition) is 0. The highest BCUT2D eigenvalue weighted by Gasteiger charge is 2.47. The Morgan fingerprint density at radius 2 is 1.93 bits per heavy atom. The van der Waals surface area contributed by atoms with E-state index in [-0.39, 0.29) is 0 Å². The lowest BCUT2D eigenvalue weighted by atomic mass is 9.89. The van der Waals surface area contributed by atoms with Crippen LogP contribution in [0.15, 0.2) is 24.5 Å². The van der Waals surface area contributed by atoms with E-state index in [9.17, 15) is 0 Å². The van der Waals surface area contributed by atoms with Gasteiger partial charge in [-0.05, 0) is 30.2 Å². The van der Waals surface area contributed by atoms with Crippen molar-refractivity contribution in [3.8, 4) is 5.88 Å². The van der Waals surface area contributed by atoms with Crippen LogP contribution in [-0.2, 0) is 7.05 Å². The highest BCUT2D eigenvalue weighted by molar-refractivity contribution is 5.39. The number of aryl methyl sites for hydroxylation is 1. The fourth-order valence-electron chi connectivity index (χ4n) is 4.29. The molecule has 1 saturated heterocycles. The lowest BCUT2D eigenvalue weighted by Gasteiger charge is -2.35. The third-order valence-electron chi connectivity index (χ3n) is 6.15. The molecule has 158 valence electrons. The van der Waals surface area contributed by atoms with Crippen molar-refractivity contribution in [1.82, 2.24) is 24.6 Å². The van der Waals surface area contributed by atoms with Gasteiger partial charge in [0.1, 0.15) is 11.6 Å². The molecule has 7 nitrogen and oxygen atoms in total. The Bertz CT molecular complexity index is 806. The summed E-state index contributed by atoms with van der Waals surface area (Å²) in [6, 6.07) is 3.97. The first kappa shape index (κ1) is 20.1. The Hall–Kier alpha value is -2.15. The molecule has 2 aromatic rings. The first-order chi connectivity index (χ1) is 13.9. The number of hydrogen-bond acceptors (Lipinski definition) is 6. The molecule has 2 aliphatic rings. The maximum atomic E-state index is 5.70. The molecule has 0 radical (unpaired) electrons. The van der Waals surface area contributed by atoms with Crippen molar-refractivity contribution < 1.29 is 4.74 Å². The molecule has 0 amide bonds. The average molecular weight is 399 g/mol. The Balaban J connectivity index is 1.21. The molecule has 29 heavy (non-hydrogen) atoms. The second kappa shape index (κ2) is 8.30. The van der Waals surface area contributed by atoms with Crippen molar-refractivity contribution in [2.75, 3.05) is 44.2 Å². The number of nitrogens with zero attached hydrogens (tertiary/aromatic N) is 6. The van der Waals surface area contributed by atoms with E-state index < -0.39 is 0 Å². The quantitative estimate of drug-likeness (QED) is 0.669. The van der Waals surface area contributed by atoms with E-state index in [1.165, 1.54) is 6.42 Å².